The second-order valence-corrected chi connectivity index (χ2v) is 4.35. The molecule has 0 aliphatic heterocycles. The van der Waals surface area contributed by atoms with E-state index < -0.39 is 0 Å². The van der Waals surface area contributed by atoms with Crippen LogP contribution in [0.25, 0.3) is 0 Å². The Balaban J connectivity index is 2.36. The quantitative estimate of drug-likeness (QED) is 0.626. The number of rotatable bonds is 2. The Hall–Kier alpha value is -0.890. The molecule has 2 aliphatic rings. The highest BCUT2D eigenvalue weighted by Gasteiger charge is 2.49. The van der Waals surface area contributed by atoms with E-state index in [4.69, 9.17) is 4.74 Å². The molecule has 2 nitrogen and oxygen atoms in total. The Morgan fingerprint density at radius 2 is 2.36 bits per heavy atom. The number of fused-ring (bicyclic) bond motifs is 1. The van der Waals surface area contributed by atoms with Crippen molar-refractivity contribution in [2.75, 3.05) is 7.11 Å². The second kappa shape index (κ2) is 3.06. The Morgan fingerprint density at radius 3 is 2.93 bits per heavy atom. The lowest BCUT2D eigenvalue weighted by Gasteiger charge is -2.25. The molecule has 1 saturated carbocycles. The molecule has 0 aromatic heterocycles. The number of hydrogen-bond donors (Lipinski definition) is 0. The van der Waals surface area contributed by atoms with E-state index in [0.29, 0.717) is 5.92 Å². The monoisotopic (exact) mass is 192 g/mol. The van der Waals surface area contributed by atoms with Gasteiger partial charge < -0.3 is 4.74 Å². The number of ketones is 1. The first-order chi connectivity index (χ1) is 6.63. The number of ether oxygens (including phenoxy) is 1. The van der Waals surface area contributed by atoms with Gasteiger partial charge in [-0.2, -0.15) is 0 Å². The molecule has 0 amide bonds. The highest BCUT2D eigenvalue weighted by Crippen LogP contribution is 2.50. The minimum absolute atomic E-state index is 0.158. The van der Waals surface area contributed by atoms with Crippen LogP contribution in [0.3, 0.4) is 0 Å². The molecule has 2 heteroatoms. The summed E-state index contributed by atoms with van der Waals surface area (Å²) < 4.78 is 5.36. The Labute approximate surface area is 84.6 Å². The number of carbonyl (C=O) groups is 1. The highest BCUT2D eigenvalue weighted by molar-refractivity contribution is 6.00. The van der Waals surface area contributed by atoms with Gasteiger partial charge in [0.1, 0.15) is 0 Å². The lowest BCUT2D eigenvalue weighted by Crippen LogP contribution is -2.27. The second-order valence-electron chi connectivity index (χ2n) is 4.35. The van der Waals surface area contributed by atoms with Crippen molar-refractivity contribution < 1.29 is 9.53 Å². The van der Waals surface area contributed by atoms with Gasteiger partial charge in [-0.1, -0.05) is 6.08 Å². The summed E-state index contributed by atoms with van der Waals surface area (Å²) in [4.78, 5) is 11.8. The van der Waals surface area contributed by atoms with Crippen LogP contribution >= 0.6 is 0 Å². The molecule has 0 unspecified atom stereocenters. The summed E-state index contributed by atoms with van der Waals surface area (Å²) >= 11 is 0. The summed E-state index contributed by atoms with van der Waals surface area (Å²) in [6.45, 7) is 5.76. The Bertz CT molecular complexity index is 316. The van der Waals surface area contributed by atoms with Crippen LogP contribution in [0.15, 0.2) is 24.3 Å². The largest absolute Gasteiger partial charge is 0.377 e. The molecule has 0 saturated heterocycles. The van der Waals surface area contributed by atoms with E-state index in [9.17, 15) is 4.79 Å². The van der Waals surface area contributed by atoms with Crippen molar-refractivity contribution >= 4 is 5.78 Å². The first-order valence-electron chi connectivity index (χ1n) is 5.05. The van der Waals surface area contributed by atoms with Gasteiger partial charge in [-0.25, -0.2) is 0 Å². The van der Waals surface area contributed by atoms with Crippen LogP contribution in [0.2, 0.25) is 0 Å². The maximum Gasteiger partial charge on any atom is 0.165 e. The van der Waals surface area contributed by atoms with Crippen LogP contribution in [0.5, 0.6) is 0 Å². The third-order valence-corrected chi connectivity index (χ3v) is 3.75. The topological polar surface area (TPSA) is 26.3 Å². The van der Waals surface area contributed by atoms with Crippen LogP contribution in [0.4, 0.5) is 0 Å². The summed E-state index contributed by atoms with van der Waals surface area (Å²) in [6.07, 6.45) is 5.79. The summed E-state index contributed by atoms with van der Waals surface area (Å²) in [7, 11) is 1.71. The fourth-order valence-electron chi connectivity index (χ4n) is 2.69. The molecule has 0 aromatic carbocycles. The summed E-state index contributed by atoms with van der Waals surface area (Å²) in [5, 5.41) is 0. The molecule has 1 fully saturated rings. The molecule has 0 aromatic rings. The van der Waals surface area contributed by atoms with Crippen molar-refractivity contribution in [3.63, 3.8) is 0 Å². The SMILES string of the molecule is C=C[C@]1(C)C(=O)C=C2[C@@H](OC)CC[C@H]21. The molecule has 0 radical (unpaired) electrons. The van der Waals surface area contributed by atoms with E-state index in [1.54, 1.807) is 19.3 Å². The molecule has 0 bridgehead atoms. The van der Waals surface area contributed by atoms with Crippen molar-refractivity contribution in [2.24, 2.45) is 11.3 Å². The van der Waals surface area contributed by atoms with Gasteiger partial charge in [-0.15, -0.1) is 6.58 Å². The molecule has 0 spiro atoms. The van der Waals surface area contributed by atoms with Gasteiger partial charge in [0.15, 0.2) is 5.78 Å². The number of hydrogen-bond acceptors (Lipinski definition) is 2. The Kier molecular flexibility index (Phi) is 2.11. The van der Waals surface area contributed by atoms with Crippen LogP contribution in [0, 0.1) is 11.3 Å². The minimum atomic E-state index is -0.372. The first kappa shape index (κ1) is 9.66. The van der Waals surface area contributed by atoms with Gasteiger partial charge in [-0.3, -0.25) is 4.79 Å². The normalized spacial score (nSPS) is 41.0. The zero-order valence-corrected chi connectivity index (χ0v) is 8.75. The summed E-state index contributed by atoms with van der Waals surface area (Å²) in [5.74, 6) is 0.520. The van der Waals surface area contributed by atoms with Crippen LogP contribution in [0.1, 0.15) is 19.8 Å². The highest BCUT2D eigenvalue weighted by atomic mass is 16.5. The van der Waals surface area contributed by atoms with Crippen molar-refractivity contribution in [1.82, 2.24) is 0 Å². The number of allylic oxidation sites excluding steroid dienone is 2. The van der Waals surface area contributed by atoms with Gasteiger partial charge in [-0.05, 0) is 37.3 Å². The van der Waals surface area contributed by atoms with Gasteiger partial charge in [0.05, 0.1) is 11.5 Å². The minimum Gasteiger partial charge on any atom is -0.377 e. The van der Waals surface area contributed by atoms with Crippen LogP contribution in [-0.4, -0.2) is 19.0 Å². The van der Waals surface area contributed by atoms with Crippen molar-refractivity contribution in [1.29, 1.82) is 0 Å². The molecule has 3 atom stereocenters. The van der Waals surface area contributed by atoms with E-state index in [-0.39, 0.29) is 17.3 Å². The van der Waals surface area contributed by atoms with Crippen molar-refractivity contribution in [2.45, 2.75) is 25.9 Å². The molecule has 0 N–H and O–H groups in total. The number of methoxy groups -OCH3 is 1. The van der Waals surface area contributed by atoms with Gasteiger partial charge in [0, 0.05) is 7.11 Å². The third kappa shape index (κ3) is 1.04. The van der Waals surface area contributed by atoms with Gasteiger partial charge >= 0.3 is 0 Å². The molecular weight excluding hydrogens is 176 g/mol. The number of carbonyl (C=O) groups excluding carboxylic acids is 1. The maximum absolute atomic E-state index is 11.8. The summed E-state index contributed by atoms with van der Waals surface area (Å²) in [6, 6.07) is 0. The van der Waals surface area contributed by atoms with E-state index in [2.05, 4.69) is 6.58 Å². The molecule has 0 heterocycles. The lowest BCUT2D eigenvalue weighted by molar-refractivity contribution is -0.121. The predicted molar refractivity (Wildman–Crippen MR) is 54.9 cm³/mol. The third-order valence-electron chi connectivity index (χ3n) is 3.75. The standard InChI is InChI=1S/C12H16O2/c1-4-12(2)9-5-6-10(14-3)8(9)7-11(12)13/h4,7,9-10H,1,5-6H2,2-3H3/t9-,10+,12+/m1/s1. The zero-order valence-electron chi connectivity index (χ0n) is 8.75. The average Bonchev–Trinajstić information content (AvgIpc) is 2.68. The molecule has 2 aliphatic carbocycles. The van der Waals surface area contributed by atoms with E-state index in [1.165, 1.54) is 5.57 Å². The smallest absolute Gasteiger partial charge is 0.165 e. The van der Waals surface area contributed by atoms with Crippen LogP contribution in [-0.2, 0) is 9.53 Å². The predicted octanol–water partition coefficient (Wildman–Crippen LogP) is 2.11. The fraction of sp³-hybridized carbons (Fsp3) is 0.583. The molecule has 14 heavy (non-hydrogen) atoms. The zero-order chi connectivity index (χ0) is 10.3. The summed E-state index contributed by atoms with van der Waals surface area (Å²) in [5.41, 5.74) is 0.808. The van der Waals surface area contributed by atoms with Crippen molar-refractivity contribution in [3.05, 3.63) is 24.3 Å². The van der Waals surface area contributed by atoms with Crippen LogP contribution < -0.4 is 0 Å². The van der Waals surface area contributed by atoms with E-state index in [1.807, 2.05) is 6.92 Å². The van der Waals surface area contributed by atoms with E-state index in [0.717, 1.165) is 12.8 Å². The lowest BCUT2D eigenvalue weighted by atomic mass is 9.77. The van der Waals surface area contributed by atoms with E-state index >= 15 is 0 Å². The average molecular weight is 192 g/mol. The molecule has 2 rings (SSSR count). The maximum atomic E-state index is 11.8. The fourth-order valence-corrected chi connectivity index (χ4v) is 2.69. The first-order valence-corrected chi connectivity index (χ1v) is 5.05. The van der Waals surface area contributed by atoms with Gasteiger partial charge in [0.25, 0.3) is 0 Å². The molecular formula is C12H16O2. The van der Waals surface area contributed by atoms with Gasteiger partial charge in [0.2, 0.25) is 0 Å². The van der Waals surface area contributed by atoms with Crippen molar-refractivity contribution in [3.8, 4) is 0 Å². The molecule has 76 valence electrons. The Morgan fingerprint density at radius 1 is 1.64 bits per heavy atom.